The van der Waals surface area contributed by atoms with Crippen LogP contribution in [0.3, 0.4) is 0 Å². The minimum atomic E-state index is -1.18. The molecule has 0 aromatic heterocycles. The van der Waals surface area contributed by atoms with E-state index in [2.05, 4.69) is 10.6 Å². The maximum Gasteiger partial charge on any atom is 0.237 e. The monoisotopic (exact) mass is 244 g/mol. The third-order valence-corrected chi connectivity index (χ3v) is 3.22. The maximum absolute atomic E-state index is 11.8. The first-order valence-corrected chi connectivity index (χ1v) is 6.31. The zero-order valence-electron chi connectivity index (χ0n) is 10.7. The highest BCUT2D eigenvalue weighted by atomic mass is 16.3. The molecule has 2 unspecified atom stereocenters. The van der Waals surface area contributed by atoms with Crippen molar-refractivity contribution in [3.05, 3.63) is 0 Å². The van der Waals surface area contributed by atoms with Crippen LogP contribution >= 0.6 is 0 Å². The van der Waals surface area contributed by atoms with Gasteiger partial charge in [-0.15, -0.1) is 0 Å². The Bertz CT molecular complexity index is 250. The van der Waals surface area contributed by atoms with E-state index in [1.807, 2.05) is 0 Å². The molecular weight excluding hydrogens is 220 g/mol. The largest absolute Gasteiger partial charge is 0.393 e. The van der Waals surface area contributed by atoms with Gasteiger partial charge in [-0.3, -0.25) is 4.79 Å². The van der Waals surface area contributed by atoms with Crippen LogP contribution in [-0.4, -0.2) is 47.0 Å². The lowest BCUT2D eigenvalue weighted by Crippen LogP contribution is -2.50. The summed E-state index contributed by atoms with van der Waals surface area (Å²) < 4.78 is 0. The van der Waals surface area contributed by atoms with Gasteiger partial charge in [0, 0.05) is 12.6 Å². The van der Waals surface area contributed by atoms with Crippen LogP contribution in [0.4, 0.5) is 0 Å². The van der Waals surface area contributed by atoms with Crippen molar-refractivity contribution in [3.63, 3.8) is 0 Å². The van der Waals surface area contributed by atoms with Crippen molar-refractivity contribution in [2.24, 2.45) is 0 Å². The second-order valence-corrected chi connectivity index (χ2v) is 5.25. The zero-order chi connectivity index (χ0) is 12.9. The molecule has 0 saturated heterocycles. The van der Waals surface area contributed by atoms with Crippen molar-refractivity contribution < 1.29 is 15.0 Å². The molecule has 0 bridgehead atoms. The SMILES string of the molecule is CC(NCC(C)(O)CO)C(=O)NC1CCCC1. The van der Waals surface area contributed by atoms with Crippen molar-refractivity contribution in [3.8, 4) is 0 Å². The van der Waals surface area contributed by atoms with E-state index in [0.29, 0.717) is 6.04 Å². The van der Waals surface area contributed by atoms with Crippen molar-refractivity contribution in [2.75, 3.05) is 13.2 Å². The molecule has 1 fully saturated rings. The minimum Gasteiger partial charge on any atom is -0.393 e. The zero-order valence-corrected chi connectivity index (χ0v) is 10.7. The standard InChI is InChI=1S/C12H24N2O3/c1-9(13-7-12(2,17)8-15)11(16)14-10-5-3-4-6-10/h9-10,13,15,17H,3-8H2,1-2H3,(H,14,16). The number of carbonyl (C=O) groups excluding carboxylic acids is 1. The summed E-state index contributed by atoms with van der Waals surface area (Å²) in [6.45, 7) is 3.17. The van der Waals surface area contributed by atoms with Crippen molar-refractivity contribution >= 4 is 5.91 Å². The van der Waals surface area contributed by atoms with Gasteiger partial charge < -0.3 is 20.8 Å². The summed E-state index contributed by atoms with van der Waals surface area (Å²) in [5.41, 5.74) is -1.18. The van der Waals surface area contributed by atoms with E-state index in [1.165, 1.54) is 19.8 Å². The summed E-state index contributed by atoms with van der Waals surface area (Å²) in [5.74, 6) is -0.0364. The predicted molar refractivity (Wildman–Crippen MR) is 65.6 cm³/mol. The number of hydrogen-bond acceptors (Lipinski definition) is 4. The third-order valence-electron chi connectivity index (χ3n) is 3.22. The fraction of sp³-hybridized carbons (Fsp3) is 0.917. The summed E-state index contributed by atoms with van der Waals surface area (Å²) in [4.78, 5) is 11.8. The predicted octanol–water partition coefficient (Wildman–Crippen LogP) is -0.233. The summed E-state index contributed by atoms with van der Waals surface area (Å²) in [6, 6.07) is -0.0428. The highest BCUT2D eigenvalue weighted by Crippen LogP contribution is 2.17. The average molecular weight is 244 g/mol. The van der Waals surface area contributed by atoms with E-state index in [0.717, 1.165) is 12.8 Å². The van der Waals surface area contributed by atoms with Gasteiger partial charge in [0.2, 0.25) is 5.91 Å². The lowest BCUT2D eigenvalue weighted by Gasteiger charge is -2.24. The topological polar surface area (TPSA) is 81.6 Å². The molecule has 2 atom stereocenters. The van der Waals surface area contributed by atoms with Crippen molar-refractivity contribution in [1.82, 2.24) is 10.6 Å². The Morgan fingerprint density at radius 1 is 1.47 bits per heavy atom. The van der Waals surface area contributed by atoms with Crippen LogP contribution in [0.5, 0.6) is 0 Å². The molecule has 0 aromatic carbocycles. The van der Waals surface area contributed by atoms with Gasteiger partial charge in [-0.2, -0.15) is 0 Å². The average Bonchev–Trinajstić information content (AvgIpc) is 2.78. The number of rotatable bonds is 6. The fourth-order valence-corrected chi connectivity index (χ4v) is 1.92. The molecule has 5 heteroatoms. The highest BCUT2D eigenvalue weighted by molar-refractivity contribution is 5.81. The Kier molecular flexibility index (Phi) is 5.36. The third kappa shape index (κ3) is 5.02. The maximum atomic E-state index is 11.8. The van der Waals surface area contributed by atoms with Crippen LogP contribution in [0, 0.1) is 0 Å². The molecule has 1 amide bonds. The molecule has 1 saturated carbocycles. The summed E-state index contributed by atoms with van der Waals surface area (Å²) in [5, 5.41) is 24.4. The van der Waals surface area contributed by atoms with Crippen LogP contribution in [0.1, 0.15) is 39.5 Å². The van der Waals surface area contributed by atoms with Crippen molar-refractivity contribution in [1.29, 1.82) is 0 Å². The second-order valence-electron chi connectivity index (χ2n) is 5.25. The molecule has 0 aromatic rings. The Balaban J connectivity index is 2.26. The van der Waals surface area contributed by atoms with E-state index < -0.39 is 5.60 Å². The smallest absolute Gasteiger partial charge is 0.237 e. The molecule has 5 nitrogen and oxygen atoms in total. The van der Waals surface area contributed by atoms with Crippen LogP contribution < -0.4 is 10.6 Å². The second kappa shape index (κ2) is 6.33. The molecule has 17 heavy (non-hydrogen) atoms. The number of aliphatic hydroxyl groups is 2. The molecule has 0 spiro atoms. The van der Waals surface area contributed by atoms with Gasteiger partial charge in [0.05, 0.1) is 18.2 Å². The lowest BCUT2D eigenvalue weighted by molar-refractivity contribution is -0.123. The van der Waals surface area contributed by atoms with E-state index in [9.17, 15) is 9.90 Å². The van der Waals surface area contributed by atoms with Gasteiger partial charge in [-0.05, 0) is 26.7 Å². The first-order valence-electron chi connectivity index (χ1n) is 6.31. The molecule has 0 aliphatic heterocycles. The molecule has 0 radical (unpaired) electrons. The van der Waals surface area contributed by atoms with Crippen molar-refractivity contribution in [2.45, 2.75) is 57.2 Å². The first-order chi connectivity index (χ1) is 7.94. The molecule has 1 aliphatic carbocycles. The number of aliphatic hydroxyl groups excluding tert-OH is 1. The minimum absolute atomic E-state index is 0.0364. The normalized spacial score (nSPS) is 22.1. The Morgan fingerprint density at radius 3 is 2.59 bits per heavy atom. The number of amides is 1. The van der Waals surface area contributed by atoms with Crippen LogP contribution in [0.15, 0.2) is 0 Å². The Morgan fingerprint density at radius 2 is 2.06 bits per heavy atom. The molecule has 1 aliphatic rings. The van der Waals surface area contributed by atoms with Crippen LogP contribution in [0.25, 0.3) is 0 Å². The molecular formula is C12H24N2O3. The van der Waals surface area contributed by atoms with Crippen LogP contribution in [0.2, 0.25) is 0 Å². The quantitative estimate of drug-likeness (QED) is 0.520. The summed E-state index contributed by atoms with van der Waals surface area (Å²) in [6.07, 6.45) is 4.50. The first kappa shape index (κ1) is 14.4. The van der Waals surface area contributed by atoms with E-state index >= 15 is 0 Å². The molecule has 1 rings (SSSR count). The highest BCUT2D eigenvalue weighted by Gasteiger charge is 2.23. The summed E-state index contributed by atoms with van der Waals surface area (Å²) >= 11 is 0. The lowest BCUT2D eigenvalue weighted by atomic mass is 10.1. The number of carbonyl (C=O) groups is 1. The van der Waals surface area contributed by atoms with E-state index in [-0.39, 0.29) is 25.1 Å². The fourth-order valence-electron chi connectivity index (χ4n) is 1.92. The Labute approximate surface area is 103 Å². The van der Waals surface area contributed by atoms with Gasteiger partial charge in [0.25, 0.3) is 0 Å². The van der Waals surface area contributed by atoms with Gasteiger partial charge in [0.1, 0.15) is 0 Å². The number of hydrogen-bond donors (Lipinski definition) is 4. The van der Waals surface area contributed by atoms with E-state index in [4.69, 9.17) is 5.11 Å². The molecule has 100 valence electrons. The van der Waals surface area contributed by atoms with Gasteiger partial charge in [-0.25, -0.2) is 0 Å². The molecule has 0 heterocycles. The van der Waals surface area contributed by atoms with Gasteiger partial charge in [-0.1, -0.05) is 12.8 Å². The number of nitrogens with one attached hydrogen (secondary N) is 2. The van der Waals surface area contributed by atoms with Gasteiger partial charge >= 0.3 is 0 Å². The van der Waals surface area contributed by atoms with Crippen LogP contribution in [-0.2, 0) is 4.79 Å². The van der Waals surface area contributed by atoms with Gasteiger partial charge in [0.15, 0.2) is 0 Å². The summed E-state index contributed by atoms with van der Waals surface area (Å²) in [7, 11) is 0. The van der Waals surface area contributed by atoms with E-state index in [1.54, 1.807) is 6.92 Å². The molecule has 4 N–H and O–H groups in total. The Hall–Kier alpha value is -0.650.